The van der Waals surface area contributed by atoms with E-state index in [0.717, 1.165) is 16.8 Å². The number of hydrogen-bond acceptors (Lipinski definition) is 3. The Bertz CT molecular complexity index is 858. The van der Waals surface area contributed by atoms with Gasteiger partial charge in [-0.25, -0.2) is 4.79 Å². The van der Waals surface area contributed by atoms with Crippen LogP contribution in [0.4, 0.5) is 0 Å². The second-order valence-corrected chi connectivity index (χ2v) is 7.41. The summed E-state index contributed by atoms with van der Waals surface area (Å²) in [7, 11) is 3.25. The Morgan fingerprint density at radius 1 is 1.04 bits per heavy atom. The van der Waals surface area contributed by atoms with Crippen LogP contribution in [0.15, 0.2) is 39.9 Å². The van der Waals surface area contributed by atoms with Gasteiger partial charge in [-0.2, -0.15) is 0 Å². The van der Waals surface area contributed by atoms with E-state index in [0.29, 0.717) is 18.5 Å². The highest BCUT2D eigenvalue weighted by molar-refractivity contribution is 5.25. The summed E-state index contributed by atoms with van der Waals surface area (Å²) in [6, 6.07) is 10.9. The van der Waals surface area contributed by atoms with Crippen LogP contribution in [-0.2, 0) is 27.2 Å². The maximum atomic E-state index is 12.1. The fraction of sp³-hybridized carbons (Fsp3) is 0.500. The summed E-state index contributed by atoms with van der Waals surface area (Å²) in [6.07, 6.45) is 2.37. The van der Waals surface area contributed by atoms with Crippen molar-refractivity contribution >= 4 is 0 Å². The van der Waals surface area contributed by atoms with Crippen LogP contribution in [0.5, 0.6) is 0 Å². The molecule has 0 saturated heterocycles. The first-order valence-electron chi connectivity index (χ1n) is 8.95. The Hall–Kier alpha value is -2.14. The van der Waals surface area contributed by atoms with E-state index in [1.807, 2.05) is 0 Å². The zero-order valence-electron chi connectivity index (χ0n) is 15.5. The number of benzene rings is 1. The first-order valence-corrected chi connectivity index (χ1v) is 8.95. The molecule has 0 bridgehead atoms. The Labute approximate surface area is 148 Å². The van der Waals surface area contributed by atoms with Gasteiger partial charge in [0, 0.05) is 45.0 Å². The van der Waals surface area contributed by atoms with E-state index >= 15 is 0 Å². The first-order chi connectivity index (χ1) is 11.9. The maximum absolute atomic E-state index is 12.1. The topological polar surface area (TPSA) is 47.2 Å². The number of hydrogen-bond donors (Lipinski definition) is 0. The largest absolute Gasteiger partial charge is 0.330 e. The van der Waals surface area contributed by atoms with Crippen molar-refractivity contribution < 1.29 is 0 Å². The molecule has 1 saturated carbocycles. The van der Waals surface area contributed by atoms with Crippen molar-refractivity contribution in [2.24, 2.45) is 14.1 Å². The van der Waals surface area contributed by atoms with Gasteiger partial charge in [0.2, 0.25) is 0 Å². The minimum Gasteiger partial charge on any atom is -0.299 e. The average Bonchev–Trinajstić information content (AvgIpc) is 3.42. The Kier molecular flexibility index (Phi) is 4.95. The van der Waals surface area contributed by atoms with Crippen molar-refractivity contribution in [3.8, 4) is 0 Å². The summed E-state index contributed by atoms with van der Waals surface area (Å²) in [5.41, 5.74) is 2.88. The summed E-state index contributed by atoms with van der Waals surface area (Å²) >= 11 is 0. The van der Waals surface area contributed by atoms with Gasteiger partial charge in [-0.05, 0) is 29.9 Å². The molecule has 0 unspecified atom stereocenters. The zero-order chi connectivity index (χ0) is 18.1. The van der Waals surface area contributed by atoms with Gasteiger partial charge < -0.3 is 0 Å². The van der Waals surface area contributed by atoms with Crippen molar-refractivity contribution in [3.05, 3.63) is 68.0 Å². The molecule has 3 rings (SSSR count). The van der Waals surface area contributed by atoms with E-state index in [9.17, 15) is 9.59 Å². The highest BCUT2D eigenvalue weighted by Gasteiger charge is 2.29. The first kappa shape index (κ1) is 17.7. The van der Waals surface area contributed by atoms with E-state index in [4.69, 9.17) is 0 Å². The molecule has 0 N–H and O–H groups in total. The van der Waals surface area contributed by atoms with E-state index in [1.54, 1.807) is 17.7 Å². The molecule has 5 nitrogen and oxygen atoms in total. The van der Waals surface area contributed by atoms with Gasteiger partial charge >= 0.3 is 5.69 Å². The van der Waals surface area contributed by atoms with Crippen molar-refractivity contribution in [3.63, 3.8) is 0 Å². The van der Waals surface area contributed by atoms with Crippen molar-refractivity contribution in [1.29, 1.82) is 0 Å². The third kappa shape index (κ3) is 3.93. The standard InChI is InChI=1S/C20H27N3O2/c1-14(2)16-7-5-15(6-8-16)12-23(17-9-10-17)13-18-11-19(24)22(4)20(25)21(18)3/h5-8,11,14,17H,9-10,12-13H2,1-4H3. The van der Waals surface area contributed by atoms with Crippen LogP contribution in [-0.4, -0.2) is 20.1 Å². The van der Waals surface area contributed by atoms with Gasteiger partial charge in [-0.1, -0.05) is 38.1 Å². The molecule has 0 atom stereocenters. The lowest BCUT2D eigenvalue weighted by molar-refractivity contribution is 0.238. The molecule has 1 aromatic carbocycles. The van der Waals surface area contributed by atoms with Crippen LogP contribution >= 0.6 is 0 Å². The number of rotatable bonds is 6. The van der Waals surface area contributed by atoms with Gasteiger partial charge in [0.25, 0.3) is 5.56 Å². The predicted molar refractivity (Wildman–Crippen MR) is 99.7 cm³/mol. The summed E-state index contributed by atoms with van der Waals surface area (Å²) in [5.74, 6) is 0.531. The SMILES string of the molecule is CC(C)c1ccc(CN(Cc2cc(=O)n(C)c(=O)n2C)C2CC2)cc1. The zero-order valence-corrected chi connectivity index (χ0v) is 15.5. The molecular weight excluding hydrogens is 314 g/mol. The van der Waals surface area contributed by atoms with Crippen LogP contribution < -0.4 is 11.2 Å². The molecule has 1 fully saturated rings. The van der Waals surface area contributed by atoms with Gasteiger partial charge in [0.05, 0.1) is 0 Å². The smallest absolute Gasteiger partial charge is 0.299 e. The van der Waals surface area contributed by atoms with E-state index in [-0.39, 0.29) is 11.2 Å². The quantitative estimate of drug-likeness (QED) is 0.810. The lowest BCUT2D eigenvalue weighted by atomic mass is 10.0. The van der Waals surface area contributed by atoms with E-state index in [2.05, 4.69) is 43.0 Å². The molecule has 0 radical (unpaired) electrons. The van der Waals surface area contributed by atoms with Crippen molar-refractivity contribution in [2.45, 2.75) is 51.7 Å². The van der Waals surface area contributed by atoms with Crippen LogP contribution in [0, 0.1) is 0 Å². The van der Waals surface area contributed by atoms with Crippen LogP contribution in [0.2, 0.25) is 0 Å². The molecule has 1 heterocycles. The minimum absolute atomic E-state index is 0.241. The number of aromatic nitrogens is 2. The molecule has 1 aromatic heterocycles. The van der Waals surface area contributed by atoms with E-state index < -0.39 is 0 Å². The fourth-order valence-electron chi connectivity index (χ4n) is 3.13. The lowest BCUT2D eigenvalue weighted by Crippen LogP contribution is -2.39. The van der Waals surface area contributed by atoms with Gasteiger partial charge in [-0.3, -0.25) is 18.8 Å². The second kappa shape index (κ2) is 7.00. The third-order valence-corrected chi connectivity index (χ3v) is 5.09. The molecule has 1 aliphatic carbocycles. The average molecular weight is 341 g/mol. The number of nitrogens with zero attached hydrogens (tertiary/aromatic N) is 3. The Morgan fingerprint density at radius 2 is 1.68 bits per heavy atom. The van der Waals surface area contributed by atoms with E-state index in [1.165, 1.54) is 31.0 Å². The van der Waals surface area contributed by atoms with Gasteiger partial charge in [-0.15, -0.1) is 0 Å². The molecule has 0 aliphatic heterocycles. The summed E-state index contributed by atoms with van der Waals surface area (Å²) in [5, 5.41) is 0. The molecule has 0 spiro atoms. The lowest BCUT2D eigenvalue weighted by Gasteiger charge is -2.23. The molecule has 5 heteroatoms. The molecular formula is C20H27N3O2. The van der Waals surface area contributed by atoms with Crippen LogP contribution in [0.25, 0.3) is 0 Å². The summed E-state index contributed by atoms with van der Waals surface area (Å²) < 4.78 is 2.73. The maximum Gasteiger partial charge on any atom is 0.330 e. The fourth-order valence-corrected chi connectivity index (χ4v) is 3.13. The Morgan fingerprint density at radius 3 is 2.24 bits per heavy atom. The summed E-state index contributed by atoms with van der Waals surface area (Å²) in [4.78, 5) is 26.5. The highest BCUT2D eigenvalue weighted by atomic mass is 16.2. The van der Waals surface area contributed by atoms with Crippen molar-refractivity contribution in [2.75, 3.05) is 0 Å². The summed E-state index contributed by atoms with van der Waals surface area (Å²) in [6.45, 7) is 5.86. The van der Waals surface area contributed by atoms with Crippen molar-refractivity contribution in [1.82, 2.24) is 14.0 Å². The third-order valence-electron chi connectivity index (χ3n) is 5.09. The molecule has 25 heavy (non-hydrogen) atoms. The van der Waals surface area contributed by atoms with Gasteiger partial charge in [0.1, 0.15) is 0 Å². The van der Waals surface area contributed by atoms with Crippen LogP contribution in [0.1, 0.15) is 49.4 Å². The predicted octanol–water partition coefficient (Wildman–Crippen LogP) is 2.37. The van der Waals surface area contributed by atoms with Gasteiger partial charge in [0.15, 0.2) is 0 Å². The molecule has 2 aromatic rings. The normalized spacial score (nSPS) is 14.5. The second-order valence-electron chi connectivity index (χ2n) is 7.41. The Balaban J connectivity index is 1.81. The highest BCUT2D eigenvalue weighted by Crippen LogP contribution is 2.29. The molecule has 134 valence electrons. The molecule has 1 aliphatic rings. The monoisotopic (exact) mass is 341 g/mol. The minimum atomic E-state index is -0.264. The molecule has 0 amide bonds. The van der Waals surface area contributed by atoms with Crippen LogP contribution in [0.3, 0.4) is 0 Å².